The van der Waals surface area contributed by atoms with Crippen molar-refractivity contribution in [1.29, 1.82) is 0 Å². The normalized spacial score (nSPS) is 10.2. The average Bonchev–Trinajstić information content (AvgIpc) is 2.63. The van der Waals surface area contributed by atoms with Crippen molar-refractivity contribution in [3.05, 3.63) is 82.7 Å². The summed E-state index contributed by atoms with van der Waals surface area (Å²) in [5.74, 6) is 0.449. The highest BCUT2D eigenvalue weighted by Gasteiger charge is 2.07. The van der Waals surface area contributed by atoms with Gasteiger partial charge in [-0.2, -0.15) is 0 Å². The van der Waals surface area contributed by atoms with E-state index in [4.69, 9.17) is 0 Å². The quantitative estimate of drug-likeness (QED) is 0.696. The zero-order valence-electron chi connectivity index (χ0n) is 12.7. The summed E-state index contributed by atoms with van der Waals surface area (Å²) >= 11 is 3.37. The van der Waals surface area contributed by atoms with Crippen LogP contribution in [-0.4, -0.2) is 15.9 Å². The van der Waals surface area contributed by atoms with Crippen molar-refractivity contribution in [2.24, 2.45) is 0 Å². The van der Waals surface area contributed by atoms with E-state index < -0.39 is 0 Å². The predicted octanol–water partition coefficient (Wildman–Crippen LogP) is 4.10. The van der Waals surface area contributed by atoms with Gasteiger partial charge in [-0.3, -0.25) is 9.78 Å². The van der Waals surface area contributed by atoms with Crippen LogP contribution in [0.5, 0.6) is 0 Å². The Morgan fingerprint density at radius 3 is 2.58 bits per heavy atom. The van der Waals surface area contributed by atoms with Gasteiger partial charge in [0.25, 0.3) is 5.91 Å². The second-order valence-electron chi connectivity index (χ2n) is 5.07. The largest absolute Gasteiger partial charge is 0.364 e. The Balaban J connectivity index is 1.65. The number of pyridine rings is 2. The second-order valence-corrected chi connectivity index (χ2v) is 5.98. The number of carbonyl (C=O) groups is 1. The molecule has 0 bridgehead atoms. The Hall–Kier alpha value is -2.73. The van der Waals surface area contributed by atoms with Crippen molar-refractivity contribution in [1.82, 2.24) is 9.97 Å². The van der Waals surface area contributed by atoms with Crippen molar-refractivity contribution in [3.63, 3.8) is 0 Å². The monoisotopic (exact) mass is 382 g/mol. The zero-order valence-corrected chi connectivity index (χ0v) is 14.3. The van der Waals surface area contributed by atoms with E-state index >= 15 is 0 Å². The summed E-state index contributed by atoms with van der Waals surface area (Å²) in [6.07, 6.45) is 3.35. The third-order valence-electron chi connectivity index (χ3n) is 3.30. The number of aromatic nitrogens is 2. The molecule has 0 saturated carbocycles. The minimum atomic E-state index is -0.180. The maximum absolute atomic E-state index is 12.3. The molecule has 0 aliphatic rings. The molecule has 5 nitrogen and oxygen atoms in total. The van der Waals surface area contributed by atoms with Gasteiger partial charge in [-0.25, -0.2) is 4.98 Å². The number of carbonyl (C=O) groups excluding carboxylic acids is 1. The molecule has 0 aliphatic heterocycles. The summed E-state index contributed by atoms with van der Waals surface area (Å²) in [6, 6.07) is 16.6. The Morgan fingerprint density at radius 1 is 1.00 bits per heavy atom. The molecule has 0 spiro atoms. The van der Waals surface area contributed by atoms with E-state index in [1.165, 1.54) is 0 Å². The molecule has 0 atom stereocenters. The van der Waals surface area contributed by atoms with E-state index in [2.05, 4.69) is 36.5 Å². The molecular weight excluding hydrogens is 368 g/mol. The van der Waals surface area contributed by atoms with E-state index in [0.29, 0.717) is 17.9 Å². The molecule has 2 aromatic heterocycles. The number of hydrogen-bond donors (Lipinski definition) is 2. The number of amides is 1. The van der Waals surface area contributed by atoms with Gasteiger partial charge in [-0.1, -0.05) is 22.0 Å². The van der Waals surface area contributed by atoms with Gasteiger partial charge >= 0.3 is 0 Å². The average molecular weight is 383 g/mol. The van der Waals surface area contributed by atoms with Crippen molar-refractivity contribution in [3.8, 4) is 0 Å². The lowest BCUT2D eigenvalue weighted by atomic mass is 10.2. The molecule has 2 heterocycles. The van der Waals surface area contributed by atoms with Gasteiger partial charge in [0.15, 0.2) is 0 Å². The van der Waals surface area contributed by atoms with E-state index in [1.54, 1.807) is 24.5 Å². The minimum absolute atomic E-state index is 0.180. The molecule has 3 aromatic rings. The van der Waals surface area contributed by atoms with Crippen molar-refractivity contribution >= 4 is 33.3 Å². The highest BCUT2D eigenvalue weighted by atomic mass is 79.9. The number of rotatable bonds is 5. The lowest BCUT2D eigenvalue weighted by molar-refractivity contribution is 0.102. The lowest BCUT2D eigenvalue weighted by Gasteiger charge is -2.08. The molecule has 0 saturated heterocycles. The number of nitrogens with one attached hydrogen (secondary N) is 2. The van der Waals surface area contributed by atoms with E-state index in [-0.39, 0.29) is 5.91 Å². The highest BCUT2D eigenvalue weighted by molar-refractivity contribution is 9.10. The van der Waals surface area contributed by atoms with Gasteiger partial charge in [0.2, 0.25) is 0 Å². The molecule has 120 valence electrons. The smallest absolute Gasteiger partial charge is 0.255 e. The fourth-order valence-corrected chi connectivity index (χ4v) is 2.35. The molecule has 0 radical (unpaired) electrons. The van der Waals surface area contributed by atoms with Crippen LogP contribution in [-0.2, 0) is 6.54 Å². The Kier molecular flexibility index (Phi) is 5.18. The van der Waals surface area contributed by atoms with Crippen LogP contribution in [0, 0.1) is 0 Å². The number of nitrogens with zero attached hydrogens (tertiary/aromatic N) is 2. The Morgan fingerprint density at radius 2 is 1.83 bits per heavy atom. The van der Waals surface area contributed by atoms with E-state index in [1.807, 2.05) is 42.5 Å². The molecule has 24 heavy (non-hydrogen) atoms. The first-order valence-electron chi connectivity index (χ1n) is 7.37. The Labute approximate surface area is 148 Å². The molecule has 1 amide bonds. The number of halogens is 1. The van der Waals surface area contributed by atoms with Crippen LogP contribution >= 0.6 is 15.9 Å². The number of benzene rings is 1. The maximum atomic E-state index is 12.3. The van der Waals surface area contributed by atoms with E-state index in [0.717, 1.165) is 15.9 Å². The molecule has 0 fully saturated rings. The first kappa shape index (κ1) is 16.1. The van der Waals surface area contributed by atoms with Crippen LogP contribution in [0.25, 0.3) is 0 Å². The van der Waals surface area contributed by atoms with Gasteiger partial charge in [0.05, 0.1) is 12.2 Å². The molecule has 2 N–H and O–H groups in total. The first-order valence-corrected chi connectivity index (χ1v) is 8.17. The SMILES string of the molecule is O=C(Nc1ccc(Br)cc1)c1ccnc(NCc2ccccn2)c1. The molecule has 1 aromatic carbocycles. The molecule has 3 rings (SSSR count). The van der Waals surface area contributed by atoms with Crippen molar-refractivity contribution < 1.29 is 4.79 Å². The topological polar surface area (TPSA) is 66.9 Å². The fraction of sp³-hybridized carbons (Fsp3) is 0.0556. The van der Waals surface area contributed by atoms with Gasteiger partial charge in [0.1, 0.15) is 5.82 Å². The second kappa shape index (κ2) is 7.70. The summed E-state index contributed by atoms with van der Waals surface area (Å²) < 4.78 is 0.963. The van der Waals surface area contributed by atoms with Crippen LogP contribution in [0.3, 0.4) is 0 Å². The third-order valence-corrected chi connectivity index (χ3v) is 3.83. The summed E-state index contributed by atoms with van der Waals surface area (Å²) in [4.78, 5) is 20.8. The summed E-state index contributed by atoms with van der Waals surface area (Å²) in [7, 11) is 0. The summed E-state index contributed by atoms with van der Waals surface area (Å²) in [5.41, 5.74) is 2.18. The predicted molar refractivity (Wildman–Crippen MR) is 97.9 cm³/mol. The minimum Gasteiger partial charge on any atom is -0.364 e. The third kappa shape index (κ3) is 4.39. The van der Waals surface area contributed by atoms with Crippen LogP contribution in [0.1, 0.15) is 16.1 Å². The number of anilines is 2. The molecule has 0 aliphatic carbocycles. The Bertz CT molecular complexity index is 822. The maximum Gasteiger partial charge on any atom is 0.255 e. The fourth-order valence-electron chi connectivity index (χ4n) is 2.09. The summed E-state index contributed by atoms with van der Waals surface area (Å²) in [6.45, 7) is 0.547. The summed E-state index contributed by atoms with van der Waals surface area (Å²) in [5, 5.41) is 6.03. The van der Waals surface area contributed by atoms with Crippen LogP contribution in [0.4, 0.5) is 11.5 Å². The van der Waals surface area contributed by atoms with Gasteiger partial charge < -0.3 is 10.6 Å². The van der Waals surface area contributed by atoms with Crippen molar-refractivity contribution in [2.75, 3.05) is 10.6 Å². The van der Waals surface area contributed by atoms with Crippen LogP contribution < -0.4 is 10.6 Å². The first-order chi connectivity index (χ1) is 11.7. The van der Waals surface area contributed by atoms with Gasteiger partial charge in [0, 0.05) is 28.1 Å². The van der Waals surface area contributed by atoms with Gasteiger partial charge in [-0.15, -0.1) is 0 Å². The lowest BCUT2D eigenvalue weighted by Crippen LogP contribution is -2.12. The van der Waals surface area contributed by atoms with Crippen molar-refractivity contribution in [2.45, 2.75) is 6.54 Å². The van der Waals surface area contributed by atoms with Crippen LogP contribution in [0.2, 0.25) is 0 Å². The zero-order chi connectivity index (χ0) is 16.8. The standard InChI is InChI=1S/C18H15BrN4O/c19-14-4-6-15(7-5-14)23-18(24)13-8-10-21-17(11-13)22-12-16-3-1-2-9-20-16/h1-11H,12H2,(H,21,22)(H,23,24). The van der Waals surface area contributed by atoms with Crippen LogP contribution in [0.15, 0.2) is 71.5 Å². The highest BCUT2D eigenvalue weighted by Crippen LogP contribution is 2.16. The molecule has 6 heteroatoms. The molecular formula is C18H15BrN4O. The molecule has 0 unspecified atom stereocenters. The van der Waals surface area contributed by atoms with Gasteiger partial charge in [-0.05, 0) is 48.5 Å². The van der Waals surface area contributed by atoms with E-state index in [9.17, 15) is 4.79 Å². The number of hydrogen-bond acceptors (Lipinski definition) is 4.